The van der Waals surface area contributed by atoms with E-state index < -0.39 is 17.5 Å². The van der Waals surface area contributed by atoms with Crippen molar-refractivity contribution in [3.8, 4) is 21.1 Å². The van der Waals surface area contributed by atoms with E-state index in [0.29, 0.717) is 11.8 Å². The molecule has 4 rings (SSSR count). The summed E-state index contributed by atoms with van der Waals surface area (Å²) < 4.78 is 28.0. The van der Waals surface area contributed by atoms with Gasteiger partial charge in [-0.1, -0.05) is 30.3 Å². The monoisotopic (exact) mass is 452 g/mol. The topological polar surface area (TPSA) is 76.9 Å². The van der Waals surface area contributed by atoms with Crippen LogP contribution in [0.15, 0.2) is 65.5 Å². The highest BCUT2D eigenvalue weighted by Gasteiger charge is 2.15. The second-order valence-electron chi connectivity index (χ2n) is 6.96. The summed E-state index contributed by atoms with van der Waals surface area (Å²) >= 11 is 1.48. The molecule has 0 atom stereocenters. The van der Waals surface area contributed by atoms with Crippen LogP contribution in [0.1, 0.15) is 16.1 Å². The van der Waals surface area contributed by atoms with Gasteiger partial charge in [-0.2, -0.15) is 5.10 Å². The number of thiazole rings is 1. The molecule has 0 fully saturated rings. The summed E-state index contributed by atoms with van der Waals surface area (Å²) in [6.45, 7) is 2.01. The summed E-state index contributed by atoms with van der Waals surface area (Å²) in [4.78, 5) is 29.8. The molecule has 4 aromatic rings. The maximum absolute atomic E-state index is 13.7. The van der Waals surface area contributed by atoms with Crippen LogP contribution in [0.3, 0.4) is 0 Å². The van der Waals surface area contributed by atoms with Crippen molar-refractivity contribution in [2.24, 2.45) is 0 Å². The SMILES string of the molecule is Cc1nc(-c2ccccc2)sc1-c1ccc(=O)n(CCNC(=O)c2ccc(F)cc2F)n1. The van der Waals surface area contributed by atoms with E-state index in [2.05, 4.69) is 15.4 Å². The Bertz CT molecular complexity index is 1340. The largest absolute Gasteiger partial charge is 0.350 e. The number of benzene rings is 2. The summed E-state index contributed by atoms with van der Waals surface area (Å²) in [6, 6.07) is 15.5. The van der Waals surface area contributed by atoms with Gasteiger partial charge in [0, 0.05) is 24.2 Å². The Morgan fingerprint density at radius 3 is 2.62 bits per heavy atom. The first kappa shape index (κ1) is 21.5. The van der Waals surface area contributed by atoms with Crippen LogP contribution in [0.25, 0.3) is 21.1 Å². The van der Waals surface area contributed by atoms with Gasteiger partial charge in [-0.25, -0.2) is 18.4 Å². The molecule has 0 saturated carbocycles. The lowest BCUT2D eigenvalue weighted by molar-refractivity contribution is 0.0947. The molecule has 0 aliphatic rings. The van der Waals surface area contributed by atoms with Crippen molar-refractivity contribution in [2.75, 3.05) is 6.54 Å². The molecular formula is C23H18F2N4O2S. The molecule has 0 aliphatic heterocycles. The molecule has 0 spiro atoms. The van der Waals surface area contributed by atoms with Gasteiger partial charge in [0.15, 0.2) is 0 Å². The molecule has 2 aromatic heterocycles. The van der Waals surface area contributed by atoms with Crippen LogP contribution < -0.4 is 10.9 Å². The average molecular weight is 452 g/mol. The number of hydrogen-bond donors (Lipinski definition) is 1. The molecule has 9 heteroatoms. The van der Waals surface area contributed by atoms with Gasteiger partial charge in [-0.05, 0) is 25.1 Å². The lowest BCUT2D eigenvalue weighted by Crippen LogP contribution is -2.32. The number of halogens is 2. The molecule has 0 bridgehead atoms. The van der Waals surface area contributed by atoms with E-state index in [1.54, 1.807) is 6.07 Å². The Kier molecular flexibility index (Phi) is 6.18. The summed E-state index contributed by atoms with van der Waals surface area (Å²) in [5.74, 6) is -2.41. The fraction of sp³-hybridized carbons (Fsp3) is 0.130. The van der Waals surface area contributed by atoms with Crippen LogP contribution in [-0.2, 0) is 6.54 Å². The number of nitrogens with zero attached hydrogens (tertiary/aromatic N) is 3. The van der Waals surface area contributed by atoms with E-state index >= 15 is 0 Å². The Morgan fingerprint density at radius 2 is 1.88 bits per heavy atom. The van der Waals surface area contributed by atoms with Crippen LogP contribution in [0.4, 0.5) is 8.78 Å². The lowest BCUT2D eigenvalue weighted by atomic mass is 10.2. The highest BCUT2D eigenvalue weighted by molar-refractivity contribution is 7.18. The van der Waals surface area contributed by atoms with Gasteiger partial charge >= 0.3 is 0 Å². The van der Waals surface area contributed by atoms with Crippen LogP contribution in [-0.4, -0.2) is 27.2 Å². The third kappa shape index (κ3) is 4.62. The zero-order valence-electron chi connectivity index (χ0n) is 17.0. The van der Waals surface area contributed by atoms with Gasteiger partial charge in [-0.15, -0.1) is 11.3 Å². The quantitative estimate of drug-likeness (QED) is 0.479. The number of aromatic nitrogens is 3. The number of carbonyl (C=O) groups excluding carboxylic acids is 1. The maximum Gasteiger partial charge on any atom is 0.266 e. The maximum atomic E-state index is 13.7. The molecule has 0 radical (unpaired) electrons. The smallest absolute Gasteiger partial charge is 0.266 e. The lowest BCUT2D eigenvalue weighted by Gasteiger charge is -2.08. The van der Waals surface area contributed by atoms with Crippen molar-refractivity contribution in [3.63, 3.8) is 0 Å². The molecule has 1 N–H and O–H groups in total. The van der Waals surface area contributed by atoms with Crippen molar-refractivity contribution >= 4 is 17.2 Å². The minimum Gasteiger partial charge on any atom is -0.350 e. The average Bonchev–Trinajstić information content (AvgIpc) is 3.17. The molecule has 0 aliphatic carbocycles. The first-order valence-electron chi connectivity index (χ1n) is 9.77. The van der Waals surface area contributed by atoms with Crippen molar-refractivity contribution < 1.29 is 13.6 Å². The van der Waals surface area contributed by atoms with Crippen LogP contribution in [0.2, 0.25) is 0 Å². The van der Waals surface area contributed by atoms with E-state index in [0.717, 1.165) is 33.3 Å². The molecule has 0 saturated heterocycles. The molecule has 6 nitrogen and oxygen atoms in total. The Hall–Kier alpha value is -3.72. The minimum atomic E-state index is -0.949. The van der Waals surface area contributed by atoms with Gasteiger partial charge in [0.05, 0.1) is 22.7 Å². The van der Waals surface area contributed by atoms with E-state index in [9.17, 15) is 18.4 Å². The standard InChI is InChI=1S/C23H18F2N4O2S/c1-14-21(32-23(27-14)15-5-3-2-4-6-15)19-9-10-20(30)29(28-19)12-11-26-22(31)17-8-7-16(24)13-18(17)25/h2-10,13H,11-12H2,1H3,(H,26,31). The summed E-state index contributed by atoms with van der Waals surface area (Å²) in [7, 11) is 0. The number of amides is 1. The number of carbonyl (C=O) groups is 1. The van der Waals surface area contributed by atoms with Crippen molar-refractivity contribution in [2.45, 2.75) is 13.5 Å². The van der Waals surface area contributed by atoms with Crippen molar-refractivity contribution in [3.05, 3.63) is 93.9 Å². The molecule has 2 heterocycles. The predicted octanol–water partition coefficient (Wildman–Crippen LogP) is 4.05. The normalized spacial score (nSPS) is 10.8. The molecule has 162 valence electrons. The minimum absolute atomic E-state index is 0.0446. The van der Waals surface area contributed by atoms with E-state index in [-0.39, 0.29) is 24.2 Å². The van der Waals surface area contributed by atoms with Crippen LogP contribution in [0.5, 0.6) is 0 Å². The fourth-order valence-corrected chi connectivity index (χ4v) is 4.15. The molecule has 32 heavy (non-hydrogen) atoms. The number of rotatable bonds is 6. The third-order valence-electron chi connectivity index (χ3n) is 4.70. The third-order valence-corrected chi connectivity index (χ3v) is 5.93. The van der Waals surface area contributed by atoms with E-state index in [1.807, 2.05) is 37.3 Å². The first-order chi connectivity index (χ1) is 15.4. The Balaban J connectivity index is 1.49. The van der Waals surface area contributed by atoms with Crippen LogP contribution >= 0.6 is 11.3 Å². The summed E-state index contributed by atoms with van der Waals surface area (Å²) in [5, 5.41) is 7.78. The predicted molar refractivity (Wildman–Crippen MR) is 118 cm³/mol. The highest BCUT2D eigenvalue weighted by atomic mass is 32.1. The second kappa shape index (κ2) is 9.19. The number of nitrogens with one attached hydrogen (secondary N) is 1. The first-order valence-corrected chi connectivity index (χ1v) is 10.6. The Labute approximate surface area is 186 Å². The summed E-state index contributed by atoms with van der Waals surface area (Å²) in [5.41, 5.74) is 1.79. The number of hydrogen-bond acceptors (Lipinski definition) is 5. The number of aryl methyl sites for hydroxylation is 1. The van der Waals surface area contributed by atoms with Gasteiger partial charge in [-0.3, -0.25) is 9.59 Å². The second-order valence-corrected chi connectivity index (χ2v) is 7.96. The van der Waals surface area contributed by atoms with Gasteiger partial charge in [0.2, 0.25) is 0 Å². The zero-order valence-corrected chi connectivity index (χ0v) is 17.8. The van der Waals surface area contributed by atoms with Gasteiger partial charge in [0.1, 0.15) is 22.3 Å². The highest BCUT2D eigenvalue weighted by Crippen LogP contribution is 2.33. The van der Waals surface area contributed by atoms with Crippen LogP contribution in [0, 0.1) is 18.6 Å². The van der Waals surface area contributed by atoms with Gasteiger partial charge in [0.25, 0.3) is 11.5 Å². The molecule has 0 unspecified atom stereocenters. The Morgan fingerprint density at radius 1 is 1.09 bits per heavy atom. The van der Waals surface area contributed by atoms with Gasteiger partial charge < -0.3 is 5.32 Å². The summed E-state index contributed by atoms with van der Waals surface area (Å²) in [6.07, 6.45) is 0. The molecule has 1 amide bonds. The van der Waals surface area contributed by atoms with E-state index in [4.69, 9.17) is 0 Å². The van der Waals surface area contributed by atoms with Crippen molar-refractivity contribution in [1.82, 2.24) is 20.1 Å². The van der Waals surface area contributed by atoms with E-state index in [1.165, 1.54) is 22.1 Å². The molecule has 2 aromatic carbocycles. The fourth-order valence-electron chi connectivity index (χ4n) is 3.11. The molecular weight excluding hydrogens is 434 g/mol. The van der Waals surface area contributed by atoms with Crippen molar-refractivity contribution in [1.29, 1.82) is 0 Å². The zero-order chi connectivity index (χ0) is 22.7.